The quantitative estimate of drug-likeness (QED) is 0.405. The number of aryl methyl sites for hydroxylation is 1. The molecule has 0 aliphatic carbocycles. The van der Waals surface area contributed by atoms with Crippen molar-refractivity contribution < 1.29 is 4.92 Å². The molecule has 3 rings (SSSR count). The maximum absolute atomic E-state index is 10.7. The highest BCUT2D eigenvalue weighted by atomic mass is 32.1. The number of thiocarbonyl (C=S) groups is 1. The van der Waals surface area contributed by atoms with Gasteiger partial charge >= 0.3 is 0 Å². The van der Waals surface area contributed by atoms with Gasteiger partial charge in [-0.2, -0.15) is 0 Å². The summed E-state index contributed by atoms with van der Waals surface area (Å²) in [6.45, 7) is 2.65. The molecule has 1 heterocycles. The van der Waals surface area contributed by atoms with Gasteiger partial charge in [0.2, 0.25) is 5.95 Å². The van der Waals surface area contributed by atoms with Crippen molar-refractivity contribution in [2.45, 2.75) is 13.5 Å². The highest BCUT2D eigenvalue weighted by molar-refractivity contribution is 7.80. The Balaban J connectivity index is 1.57. The van der Waals surface area contributed by atoms with Gasteiger partial charge in [0.25, 0.3) is 5.69 Å². The van der Waals surface area contributed by atoms with Gasteiger partial charge in [-0.3, -0.25) is 15.4 Å². The fourth-order valence-electron chi connectivity index (χ4n) is 2.24. The average molecular weight is 368 g/mol. The van der Waals surface area contributed by atoms with Gasteiger partial charge in [-0.1, -0.05) is 29.8 Å². The van der Waals surface area contributed by atoms with Crippen molar-refractivity contribution in [2.24, 2.45) is 0 Å². The van der Waals surface area contributed by atoms with E-state index in [9.17, 15) is 10.1 Å². The van der Waals surface area contributed by atoms with Gasteiger partial charge in [0.05, 0.1) is 11.5 Å². The number of nitro groups is 1. The molecular weight excluding hydrogens is 352 g/mol. The summed E-state index contributed by atoms with van der Waals surface area (Å²) >= 11 is 5.21. The zero-order valence-corrected chi connectivity index (χ0v) is 14.7. The second-order valence-corrected chi connectivity index (χ2v) is 6.04. The lowest BCUT2D eigenvalue weighted by Crippen LogP contribution is -2.20. The molecule has 1 aromatic heterocycles. The van der Waals surface area contributed by atoms with E-state index in [0.29, 0.717) is 23.3 Å². The van der Waals surface area contributed by atoms with Crippen LogP contribution in [0.2, 0.25) is 0 Å². The number of hydrogen-bond donors (Lipinski definition) is 2. The number of nitrogens with one attached hydrogen (secondary N) is 2. The monoisotopic (exact) mass is 368 g/mol. The van der Waals surface area contributed by atoms with Crippen LogP contribution in [0.3, 0.4) is 0 Å². The Hall–Kier alpha value is -3.33. The molecule has 0 saturated heterocycles. The van der Waals surface area contributed by atoms with E-state index in [1.807, 2.05) is 19.1 Å². The van der Waals surface area contributed by atoms with Crippen LogP contribution in [-0.4, -0.2) is 24.8 Å². The van der Waals surface area contributed by atoms with Crippen molar-refractivity contribution in [1.82, 2.24) is 14.8 Å². The fraction of sp³-hybridized carbons (Fsp3) is 0.118. The molecule has 0 aliphatic heterocycles. The fourth-order valence-corrected chi connectivity index (χ4v) is 2.45. The van der Waals surface area contributed by atoms with Gasteiger partial charge in [0.15, 0.2) is 5.11 Å². The topological polar surface area (TPSA) is 97.9 Å². The number of nitro benzene ring substituents is 1. The van der Waals surface area contributed by atoms with Crippen LogP contribution in [0.1, 0.15) is 11.1 Å². The zero-order chi connectivity index (χ0) is 18.5. The summed E-state index contributed by atoms with van der Waals surface area (Å²) in [4.78, 5) is 14.4. The lowest BCUT2D eigenvalue weighted by atomic mass is 10.1. The molecule has 9 heteroatoms. The molecule has 26 heavy (non-hydrogen) atoms. The molecule has 132 valence electrons. The molecule has 3 aromatic rings. The van der Waals surface area contributed by atoms with Crippen LogP contribution in [0.5, 0.6) is 0 Å². The van der Waals surface area contributed by atoms with E-state index in [4.69, 9.17) is 12.2 Å². The van der Waals surface area contributed by atoms with E-state index in [1.54, 1.807) is 23.1 Å². The van der Waals surface area contributed by atoms with Crippen molar-refractivity contribution in [3.05, 3.63) is 76.1 Å². The summed E-state index contributed by atoms with van der Waals surface area (Å²) in [6.07, 6.45) is 1.62. The van der Waals surface area contributed by atoms with Crippen molar-refractivity contribution in [3.63, 3.8) is 0 Å². The Kier molecular flexibility index (Phi) is 5.18. The summed E-state index contributed by atoms with van der Waals surface area (Å²) in [5.41, 5.74) is 2.98. The minimum absolute atomic E-state index is 0.0194. The van der Waals surface area contributed by atoms with E-state index < -0.39 is 4.92 Å². The number of anilines is 2. The maximum Gasteiger partial charge on any atom is 0.269 e. The van der Waals surface area contributed by atoms with Crippen LogP contribution < -0.4 is 10.6 Å². The summed E-state index contributed by atoms with van der Waals surface area (Å²) < 4.78 is 1.71. The molecule has 0 fully saturated rings. The largest absolute Gasteiger partial charge is 0.332 e. The van der Waals surface area contributed by atoms with Crippen molar-refractivity contribution in [3.8, 4) is 0 Å². The maximum atomic E-state index is 10.7. The zero-order valence-electron chi connectivity index (χ0n) is 13.9. The Bertz CT molecular complexity index is 921. The summed E-state index contributed by atoms with van der Waals surface area (Å²) in [7, 11) is 0. The molecular formula is C17H16N6O2S. The Morgan fingerprint density at radius 1 is 1.15 bits per heavy atom. The Morgan fingerprint density at radius 3 is 2.50 bits per heavy atom. The van der Waals surface area contributed by atoms with Gasteiger partial charge in [-0.05, 0) is 36.8 Å². The van der Waals surface area contributed by atoms with E-state index in [-0.39, 0.29) is 5.69 Å². The van der Waals surface area contributed by atoms with E-state index in [0.717, 1.165) is 5.56 Å². The van der Waals surface area contributed by atoms with Crippen LogP contribution >= 0.6 is 12.2 Å². The first-order valence-electron chi connectivity index (χ1n) is 7.77. The molecule has 0 atom stereocenters. The summed E-state index contributed by atoms with van der Waals surface area (Å²) in [5.74, 6) is 0.372. The smallest absolute Gasteiger partial charge is 0.269 e. The third-order valence-electron chi connectivity index (χ3n) is 3.56. The molecule has 0 unspecified atom stereocenters. The van der Waals surface area contributed by atoms with Gasteiger partial charge in [0, 0.05) is 17.8 Å². The molecule has 0 radical (unpaired) electrons. The Labute approximate surface area is 155 Å². The van der Waals surface area contributed by atoms with Crippen molar-refractivity contribution in [2.75, 3.05) is 10.6 Å². The lowest BCUT2D eigenvalue weighted by molar-refractivity contribution is -0.384. The van der Waals surface area contributed by atoms with E-state index in [1.165, 1.54) is 17.7 Å². The number of nitrogens with zero attached hydrogens (tertiary/aromatic N) is 4. The van der Waals surface area contributed by atoms with Crippen LogP contribution in [-0.2, 0) is 6.54 Å². The molecule has 2 N–H and O–H groups in total. The molecule has 2 aromatic carbocycles. The summed E-state index contributed by atoms with van der Waals surface area (Å²) in [5, 5.41) is 21.1. The van der Waals surface area contributed by atoms with Crippen LogP contribution in [0.25, 0.3) is 0 Å². The standard InChI is InChI=1S/C17H16N6O2S/c1-12-2-4-13(5-3-12)10-22-11-18-16(21-22)20-17(26)19-14-6-8-15(9-7-14)23(24)25/h2-9,11H,10H2,1H3,(H2,19,20,21,26). The number of non-ortho nitro benzene ring substituents is 1. The van der Waals surface area contributed by atoms with Crippen LogP contribution in [0.4, 0.5) is 17.3 Å². The van der Waals surface area contributed by atoms with Crippen molar-refractivity contribution in [1.29, 1.82) is 0 Å². The van der Waals surface area contributed by atoms with Gasteiger partial charge in [-0.15, -0.1) is 5.10 Å². The summed E-state index contributed by atoms with van der Waals surface area (Å²) in [6, 6.07) is 14.2. The average Bonchev–Trinajstić information content (AvgIpc) is 3.04. The van der Waals surface area contributed by atoms with Crippen LogP contribution in [0.15, 0.2) is 54.9 Å². The molecule has 0 aliphatic rings. The molecule has 0 bridgehead atoms. The molecule has 0 amide bonds. The first-order valence-corrected chi connectivity index (χ1v) is 8.18. The third-order valence-corrected chi connectivity index (χ3v) is 3.77. The highest BCUT2D eigenvalue weighted by Crippen LogP contribution is 2.15. The van der Waals surface area contributed by atoms with E-state index in [2.05, 4.69) is 32.8 Å². The molecule has 0 saturated carbocycles. The first-order chi connectivity index (χ1) is 12.5. The van der Waals surface area contributed by atoms with Gasteiger partial charge in [0.1, 0.15) is 6.33 Å². The Morgan fingerprint density at radius 2 is 1.85 bits per heavy atom. The second kappa shape index (κ2) is 7.70. The van der Waals surface area contributed by atoms with Gasteiger partial charge < -0.3 is 5.32 Å². The second-order valence-electron chi connectivity index (χ2n) is 5.63. The minimum atomic E-state index is -0.453. The predicted molar refractivity (Wildman–Crippen MR) is 103 cm³/mol. The molecule has 8 nitrogen and oxygen atoms in total. The molecule has 0 spiro atoms. The van der Waals surface area contributed by atoms with Crippen LogP contribution in [0, 0.1) is 17.0 Å². The number of benzene rings is 2. The number of aromatic nitrogens is 3. The van der Waals surface area contributed by atoms with E-state index >= 15 is 0 Å². The van der Waals surface area contributed by atoms with Crippen molar-refractivity contribution >= 4 is 34.7 Å². The highest BCUT2D eigenvalue weighted by Gasteiger charge is 2.07. The predicted octanol–water partition coefficient (Wildman–Crippen LogP) is 3.35. The minimum Gasteiger partial charge on any atom is -0.332 e. The normalized spacial score (nSPS) is 10.3. The SMILES string of the molecule is Cc1ccc(Cn2cnc(NC(=S)Nc3ccc([N+](=O)[O-])cc3)n2)cc1. The number of rotatable bonds is 5. The first kappa shape index (κ1) is 17.5. The van der Waals surface area contributed by atoms with Gasteiger partial charge in [-0.25, -0.2) is 9.67 Å². The number of hydrogen-bond acceptors (Lipinski definition) is 5. The lowest BCUT2D eigenvalue weighted by Gasteiger charge is -2.07. The third kappa shape index (κ3) is 4.61.